The first-order valence-electron chi connectivity index (χ1n) is 9.34. The number of amides is 2. The molecule has 1 unspecified atom stereocenters. The SMILES string of the molecule is COc1ccccc1C1CNCCN1C(=O)CN1C(=O)COc2ccccc21. The van der Waals surface area contributed by atoms with Gasteiger partial charge in [-0.15, -0.1) is 0 Å². The normalized spacial score (nSPS) is 19.0. The van der Waals surface area contributed by atoms with Crippen molar-refractivity contribution < 1.29 is 19.1 Å². The maximum absolute atomic E-state index is 13.2. The van der Waals surface area contributed by atoms with E-state index in [0.717, 1.165) is 11.3 Å². The summed E-state index contributed by atoms with van der Waals surface area (Å²) in [6.45, 7) is 1.86. The third-order valence-electron chi connectivity index (χ3n) is 5.16. The minimum absolute atomic E-state index is 0.00907. The average molecular weight is 381 g/mol. The second-order valence-electron chi connectivity index (χ2n) is 6.79. The van der Waals surface area contributed by atoms with Gasteiger partial charge in [-0.2, -0.15) is 0 Å². The van der Waals surface area contributed by atoms with Crippen molar-refractivity contribution in [2.24, 2.45) is 0 Å². The summed E-state index contributed by atoms with van der Waals surface area (Å²) in [6.07, 6.45) is 0. The first kappa shape index (κ1) is 18.3. The summed E-state index contributed by atoms with van der Waals surface area (Å²) in [5.74, 6) is 1.07. The number of carbonyl (C=O) groups is 2. The molecule has 2 aromatic rings. The predicted molar refractivity (Wildman–Crippen MR) is 105 cm³/mol. The summed E-state index contributed by atoms with van der Waals surface area (Å²) in [5.41, 5.74) is 1.59. The van der Waals surface area contributed by atoms with Crippen molar-refractivity contribution in [1.29, 1.82) is 0 Å². The highest BCUT2D eigenvalue weighted by atomic mass is 16.5. The number of para-hydroxylation sites is 3. The van der Waals surface area contributed by atoms with Crippen molar-refractivity contribution in [3.63, 3.8) is 0 Å². The molecule has 1 N–H and O–H groups in total. The molecule has 1 fully saturated rings. The van der Waals surface area contributed by atoms with Gasteiger partial charge in [-0.1, -0.05) is 30.3 Å². The molecule has 0 aliphatic carbocycles. The van der Waals surface area contributed by atoms with E-state index in [0.29, 0.717) is 31.1 Å². The first-order valence-corrected chi connectivity index (χ1v) is 9.34. The Bertz CT molecular complexity index is 885. The molecule has 0 bridgehead atoms. The average Bonchev–Trinajstić information content (AvgIpc) is 2.75. The molecule has 7 nitrogen and oxygen atoms in total. The van der Waals surface area contributed by atoms with Gasteiger partial charge in [0.1, 0.15) is 18.0 Å². The lowest BCUT2D eigenvalue weighted by molar-refractivity contribution is -0.134. The van der Waals surface area contributed by atoms with Gasteiger partial charge in [-0.3, -0.25) is 14.5 Å². The topological polar surface area (TPSA) is 71.1 Å². The van der Waals surface area contributed by atoms with E-state index in [1.165, 1.54) is 4.90 Å². The number of hydrogen-bond acceptors (Lipinski definition) is 5. The van der Waals surface area contributed by atoms with Crippen molar-refractivity contribution in [1.82, 2.24) is 10.2 Å². The number of anilines is 1. The minimum atomic E-state index is -0.212. The fourth-order valence-corrected chi connectivity index (χ4v) is 3.78. The van der Waals surface area contributed by atoms with E-state index in [-0.39, 0.29) is 31.0 Å². The van der Waals surface area contributed by atoms with Gasteiger partial charge in [0, 0.05) is 25.2 Å². The summed E-state index contributed by atoms with van der Waals surface area (Å²) in [6, 6.07) is 14.9. The van der Waals surface area contributed by atoms with Gasteiger partial charge in [-0.05, 0) is 18.2 Å². The third kappa shape index (κ3) is 3.41. The Balaban J connectivity index is 1.59. The predicted octanol–water partition coefficient (Wildman–Crippen LogP) is 1.59. The lowest BCUT2D eigenvalue weighted by Gasteiger charge is -2.38. The second kappa shape index (κ2) is 7.90. The molecule has 2 heterocycles. The molecule has 28 heavy (non-hydrogen) atoms. The van der Waals surface area contributed by atoms with Gasteiger partial charge < -0.3 is 19.7 Å². The third-order valence-corrected chi connectivity index (χ3v) is 5.16. The number of ether oxygens (including phenoxy) is 2. The Morgan fingerprint density at radius 1 is 1.21 bits per heavy atom. The quantitative estimate of drug-likeness (QED) is 0.871. The first-order chi connectivity index (χ1) is 13.7. The molecular formula is C21H23N3O4. The molecule has 4 rings (SSSR count). The van der Waals surface area contributed by atoms with E-state index in [1.807, 2.05) is 47.4 Å². The van der Waals surface area contributed by atoms with Crippen LogP contribution in [0.2, 0.25) is 0 Å². The number of fused-ring (bicyclic) bond motifs is 1. The molecule has 1 atom stereocenters. The highest BCUT2D eigenvalue weighted by Gasteiger charge is 2.33. The maximum Gasteiger partial charge on any atom is 0.265 e. The van der Waals surface area contributed by atoms with Gasteiger partial charge in [0.2, 0.25) is 5.91 Å². The number of nitrogens with one attached hydrogen (secondary N) is 1. The number of benzene rings is 2. The van der Waals surface area contributed by atoms with Gasteiger partial charge >= 0.3 is 0 Å². The molecule has 0 radical (unpaired) electrons. The van der Waals surface area contributed by atoms with Crippen molar-refractivity contribution in [3.05, 3.63) is 54.1 Å². The van der Waals surface area contributed by atoms with Crippen LogP contribution in [-0.4, -0.2) is 56.6 Å². The highest BCUT2D eigenvalue weighted by molar-refractivity contribution is 6.02. The van der Waals surface area contributed by atoms with Crippen LogP contribution in [0.3, 0.4) is 0 Å². The van der Waals surface area contributed by atoms with Crippen LogP contribution in [0.25, 0.3) is 0 Å². The van der Waals surface area contributed by atoms with E-state index in [4.69, 9.17) is 9.47 Å². The lowest BCUT2D eigenvalue weighted by Crippen LogP contribution is -2.53. The molecule has 2 aliphatic heterocycles. The largest absolute Gasteiger partial charge is 0.496 e. The van der Waals surface area contributed by atoms with Crippen LogP contribution in [-0.2, 0) is 9.59 Å². The number of rotatable bonds is 4. The zero-order valence-electron chi connectivity index (χ0n) is 15.8. The molecule has 2 amide bonds. The zero-order chi connectivity index (χ0) is 19.5. The summed E-state index contributed by atoms with van der Waals surface area (Å²) in [7, 11) is 1.63. The van der Waals surface area contributed by atoms with Crippen molar-refractivity contribution in [2.75, 3.05) is 44.8 Å². The van der Waals surface area contributed by atoms with Crippen LogP contribution in [0.15, 0.2) is 48.5 Å². The standard InChI is InChI=1S/C21H23N3O4/c1-27-18-8-4-2-6-15(18)17-12-22-10-11-23(17)20(25)13-24-16-7-3-5-9-19(16)28-14-21(24)26/h2-9,17,22H,10-14H2,1H3. The van der Waals surface area contributed by atoms with E-state index < -0.39 is 0 Å². The second-order valence-corrected chi connectivity index (χ2v) is 6.79. The fraction of sp³-hybridized carbons (Fsp3) is 0.333. The van der Waals surface area contributed by atoms with Crippen LogP contribution in [0.1, 0.15) is 11.6 Å². The van der Waals surface area contributed by atoms with Crippen LogP contribution in [0.5, 0.6) is 11.5 Å². The smallest absolute Gasteiger partial charge is 0.265 e. The van der Waals surface area contributed by atoms with Crippen LogP contribution in [0.4, 0.5) is 5.69 Å². The number of nitrogens with zero attached hydrogens (tertiary/aromatic N) is 2. The molecule has 7 heteroatoms. The summed E-state index contributed by atoms with van der Waals surface area (Å²) >= 11 is 0. The number of carbonyl (C=O) groups excluding carboxylic acids is 2. The molecule has 0 saturated carbocycles. The van der Waals surface area contributed by atoms with Crippen LogP contribution >= 0.6 is 0 Å². The van der Waals surface area contributed by atoms with Crippen LogP contribution in [0, 0.1) is 0 Å². The van der Waals surface area contributed by atoms with Gasteiger partial charge in [-0.25, -0.2) is 0 Å². The summed E-state index contributed by atoms with van der Waals surface area (Å²) in [4.78, 5) is 29.0. The maximum atomic E-state index is 13.2. The van der Waals surface area contributed by atoms with Crippen molar-refractivity contribution in [3.8, 4) is 11.5 Å². The van der Waals surface area contributed by atoms with Gasteiger partial charge in [0.15, 0.2) is 6.61 Å². The summed E-state index contributed by atoms with van der Waals surface area (Å²) in [5, 5.41) is 3.35. The van der Waals surface area contributed by atoms with Crippen LogP contribution < -0.4 is 19.7 Å². The minimum Gasteiger partial charge on any atom is -0.496 e. The Kier molecular flexibility index (Phi) is 5.16. The Morgan fingerprint density at radius 3 is 2.86 bits per heavy atom. The molecule has 2 aromatic carbocycles. The fourth-order valence-electron chi connectivity index (χ4n) is 3.78. The van der Waals surface area contributed by atoms with Gasteiger partial charge in [0.25, 0.3) is 5.91 Å². The lowest BCUT2D eigenvalue weighted by atomic mass is 10.0. The van der Waals surface area contributed by atoms with Crippen molar-refractivity contribution in [2.45, 2.75) is 6.04 Å². The molecular weight excluding hydrogens is 358 g/mol. The molecule has 0 aromatic heterocycles. The Labute approximate surface area is 163 Å². The highest BCUT2D eigenvalue weighted by Crippen LogP contribution is 2.33. The number of methoxy groups -OCH3 is 1. The number of hydrogen-bond donors (Lipinski definition) is 1. The van der Waals surface area contributed by atoms with Gasteiger partial charge in [0.05, 0.1) is 18.8 Å². The molecule has 0 spiro atoms. The van der Waals surface area contributed by atoms with E-state index in [2.05, 4.69) is 5.32 Å². The van der Waals surface area contributed by atoms with Crippen molar-refractivity contribution >= 4 is 17.5 Å². The summed E-state index contributed by atoms with van der Waals surface area (Å²) < 4.78 is 11.0. The number of piperazine rings is 1. The Morgan fingerprint density at radius 2 is 2.00 bits per heavy atom. The Hall–Kier alpha value is -3.06. The molecule has 146 valence electrons. The van der Waals surface area contributed by atoms with E-state index >= 15 is 0 Å². The monoisotopic (exact) mass is 381 g/mol. The van der Waals surface area contributed by atoms with E-state index in [1.54, 1.807) is 13.2 Å². The zero-order valence-corrected chi connectivity index (χ0v) is 15.8. The molecule has 2 aliphatic rings. The van der Waals surface area contributed by atoms with E-state index in [9.17, 15) is 9.59 Å². The molecule has 1 saturated heterocycles.